The second kappa shape index (κ2) is 5.88. The van der Waals surface area contributed by atoms with E-state index in [1.165, 1.54) is 0 Å². The molecular formula is C12H14ClF3N2O2. The smallest absolute Gasteiger partial charge is 0.254 e. The Bertz CT molecular complexity index is 536. The molecule has 0 bridgehead atoms. The number of hydrogen-bond acceptors (Lipinski definition) is 3. The molecule has 4 N–H and O–H groups in total. The van der Waals surface area contributed by atoms with Crippen molar-refractivity contribution in [1.82, 2.24) is 5.32 Å². The van der Waals surface area contributed by atoms with Gasteiger partial charge in [-0.15, -0.1) is 12.4 Å². The average Bonchev–Trinajstić information content (AvgIpc) is 2.35. The van der Waals surface area contributed by atoms with Crippen molar-refractivity contribution in [3.05, 3.63) is 29.1 Å². The number of rotatable bonds is 3. The molecule has 1 saturated carbocycles. The van der Waals surface area contributed by atoms with E-state index < -0.39 is 40.2 Å². The van der Waals surface area contributed by atoms with E-state index in [9.17, 15) is 18.0 Å². The van der Waals surface area contributed by atoms with Gasteiger partial charge in [0, 0.05) is 12.1 Å². The number of hydrogen-bond donors (Lipinski definition) is 3. The van der Waals surface area contributed by atoms with Crippen LogP contribution in [-0.4, -0.2) is 23.1 Å². The van der Waals surface area contributed by atoms with Gasteiger partial charge in [-0.05, 0) is 25.3 Å². The van der Waals surface area contributed by atoms with Gasteiger partial charge in [0.15, 0.2) is 17.4 Å². The lowest BCUT2D eigenvalue weighted by Crippen LogP contribution is -2.55. The van der Waals surface area contributed by atoms with Gasteiger partial charge >= 0.3 is 0 Å². The fourth-order valence-corrected chi connectivity index (χ4v) is 1.91. The molecule has 1 aromatic carbocycles. The first kappa shape index (κ1) is 16.6. The maximum absolute atomic E-state index is 13.5. The summed E-state index contributed by atoms with van der Waals surface area (Å²) in [7, 11) is 0. The minimum atomic E-state index is -1.72. The van der Waals surface area contributed by atoms with Gasteiger partial charge in [0.25, 0.3) is 5.91 Å². The molecule has 1 fully saturated rings. The fraction of sp³-hybridized carbons (Fsp3) is 0.417. The maximum Gasteiger partial charge on any atom is 0.254 e. The Labute approximate surface area is 119 Å². The zero-order valence-electron chi connectivity index (χ0n) is 10.4. The van der Waals surface area contributed by atoms with E-state index in [1.807, 2.05) is 0 Å². The van der Waals surface area contributed by atoms with Crippen LogP contribution < -0.4 is 11.1 Å². The van der Waals surface area contributed by atoms with Crippen LogP contribution in [0.15, 0.2) is 6.07 Å². The molecule has 1 aliphatic rings. The summed E-state index contributed by atoms with van der Waals surface area (Å²) >= 11 is 0. The number of benzene rings is 1. The third kappa shape index (κ3) is 2.99. The number of halogens is 4. The van der Waals surface area contributed by atoms with Gasteiger partial charge in [-0.25, -0.2) is 8.78 Å². The van der Waals surface area contributed by atoms with E-state index in [-0.39, 0.29) is 19.0 Å². The normalized spacial score (nSPS) is 16.0. The van der Waals surface area contributed by atoms with Gasteiger partial charge in [-0.2, -0.15) is 4.39 Å². The van der Waals surface area contributed by atoms with Crippen molar-refractivity contribution in [2.75, 3.05) is 6.54 Å². The van der Waals surface area contributed by atoms with Crippen molar-refractivity contribution in [2.24, 2.45) is 5.73 Å². The molecule has 0 heterocycles. The highest BCUT2D eigenvalue weighted by molar-refractivity contribution is 5.95. The molecule has 0 spiro atoms. The molecule has 0 aromatic heterocycles. The van der Waals surface area contributed by atoms with Gasteiger partial charge in [0.1, 0.15) is 0 Å². The zero-order chi connectivity index (χ0) is 14.2. The predicted molar refractivity (Wildman–Crippen MR) is 68.3 cm³/mol. The summed E-state index contributed by atoms with van der Waals surface area (Å²) in [5.41, 5.74) is 4.59. The molecule has 0 unspecified atom stereocenters. The van der Waals surface area contributed by atoms with E-state index >= 15 is 0 Å². The Morgan fingerprint density at radius 1 is 1.35 bits per heavy atom. The van der Waals surface area contributed by atoms with Crippen molar-refractivity contribution < 1.29 is 23.1 Å². The minimum absolute atomic E-state index is 0. The lowest BCUT2D eigenvalue weighted by molar-refractivity contribution is 0.0924. The van der Waals surface area contributed by atoms with Crippen LogP contribution in [-0.2, 0) is 0 Å². The lowest BCUT2D eigenvalue weighted by Gasteiger charge is -2.38. The summed E-state index contributed by atoms with van der Waals surface area (Å²) in [6, 6.07) is 0.406. The Balaban J connectivity index is 0.00000200. The summed E-state index contributed by atoms with van der Waals surface area (Å²) in [6.07, 6.45) is 2.42. The van der Waals surface area contributed by atoms with E-state index in [0.29, 0.717) is 6.07 Å². The first-order valence-electron chi connectivity index (χ1n) is 5.77. The number of phenols is 1. The molecule has 4 nitrogen and oxygen atoms in total. The molecule has 0 radical (unpaired) electrons. The highest BCUT2D eigenvalue weighted by atomic mass is 35.5. The van der Waals surface area contributed by atoms with E-state index in [1.54, 1.807) is 0 Å². The number of carbonyl (C=O) groups is 1. The lowest BCUT2D eigenvalue weighted by atomic mass is 9.78. The SMILES string of the molecule is Cl.NC1(CNC(=O)c2cc(F)c(F)c(O)c2F)CCC1. The average molecular weight is 311 g/mol. The van der Waals surface area contributed by atoms with Gasteiger partial charge in [0.2, 0.25) is 5.82 Å². The van der Waals surface area contributed by atoms with E-state index in [2.05, 4.69) is 5.32 Å². The quantitative estimate of drug-likeness (QED) is 0.746. The Hall–Kier alpha value is -1.47. The van der Waals surface area contributed by atoms with Crippen molar-refractivity contribution in [3.8, 4) is 5.75 Å². The largest absolute Gasteiger partial charge is 0.503 e. The monoisotopic (exact) mass is 310 g/mol. The molecule has 112 valence electrons. The fourth-order valence-electron chi connectivity index (χ4n) is 1.91. The molecule has 2 rings (SSSR count). The van der Waals surface area contributed by atoms with Crippen molar-refractivity contribution >= 4 is 18.3 Å². The standard InChI is InChI=1S/C12H13F3N2O2.ClH/c13-7-4-6(8(14)10(18)9(7)15)11(19)17-5-12(16)2-1-3-12;/h4,18H,1-3,5,16H2,(H,17,19);1H. The minimum Gasteiger partial charge on any atom is -0.503 e. The number of aromatic hydroxyl groups is 1. The highest BCUT2D eigenvalue weighted by Crippen LogP contribution is 2.29. The third-order valence-corrected chi connectivity index (χ3v) is 3.33. The topological polar surface area (TPSA) is 75.3 Å². The zero-order valence-corrected chi connectivity index (χ0v) is 11.2. The van der Waals surface area contributed by atoms with Gasteiger partial charge in [-0.3, -0.25) is 4.79 Å². The highest BCUT2D eigenvalue weighted by Gasteiger charge is 2.33. The first-order chi connectivity index (χ1) is 8.84. The molecule has 0 aliphatic heterocycles. The third-order valence-electron chi connectivity index (χ3n) is 3.33. The summed E-state index contributed by atoms with van der Waals surface area (Å²) in [4.78, 5) is 11.7. The molecular weight excluding hydrogens is 297 g/mol. The van der Waals surface area contributed by atoms with Crippen LogP contribution in [0.5, 0.6) is 5.75 Å². The summed E-state index contributed by atoms with van der Waals surface area (Å²) in [5.74, 6) is -7.14. The summed E-state index contributed by atoms with van der Waals surface area (Å²) in [6.45, 7) is 0.116. The van der Waals surface area contributed by atoms with Gasteiger partial charge in [0.05, 0.1) is 5.56 Å². The second-order valence-corrected chi connectivity index (χ2v) is 4.78. The van der Waals surface area contributed by atoms with Crippen LogP contribution in [0.2, 0.25) is 0 Å². The van der Waals surface area contributed by atoms with Crippen molar-refractivity contribution in [3.63, 3.8) is 0 Å². The molecule has 1 aliphatic carbocycles. The van der Waals surface area contributed by atoms with Crippen LogP contribution in [0.4, 0.5) is 13.2 Å². The maximum atomic E-state index is 13.5. The molecule has 1 amide bonds. The second-order valence-electron chi connectivity index (χ2n) is 4.78. The van der Waals surface area contributed by atoms with Crippen molar-refractivity contribution in [2.45, 2.75) is 24.8 Å². The van der Waals surface area contributed by atoms with E-state index in [4.69, 9.17) is 10.8 Å². The van der Waals surface area contributed by atoms with Crippen LogP contribution >= 0.6 is 12.4 Å². The number of nitrogens with one attached hydrogen (secondary N) is 1. The molecule has 0 saturated heterocycles. The Kier molecular flexibility index (Phi) is 4.88. The molecule has 0 atom stereocenters. The van der Waals surface area contributed by atoms with Gasteiger partial charge < -0.3 is 16.2 Å². The number of carbonyl (C=O) groups excluding carboxylic acids is 1. The van der Waals surface area contributed by atoms with Crippen LogP contribution in [0.3, 0.4) is 0 Å². The summed E-state index contributed by atoms with van der Waals surface area (Å²) in [5, 5.41) is 11.4. The van der Waals surface area contributed by atoms with Crippen molar-refractivity contribution in [1.29, 1.82) is 0 Å². The van der Waals surface area contributed by atoms with Crippen LogP contribution in [0, 0.1) is 17.5 Å². The number of amides is 1. The molecule has 20 heavy (non-hydrogen) atoms. The Morgan fingerprint density at radius 3 is 2.45 bits per heavy atom. The predicted octanol–water partition coefficient (Wildman–Crippen LogP) is 1.84. The number of phenolic OH excluding ortho intramolecular Hbond substituents is 1. The Morgan fingerprint density at radius 2 is 1.95 bits per heavy atom. The molecule has 8 heteroatoms. The van der Waals surface area contributed by atoms with Crippen LogP contribution in [0.25, 0.3) is 0 Å². The first-order valence-corrected chi connectivity index (χ1v) is 5.77. The molecule has 1 aromatic rings. The van der Waals surface area contributed by atoms with Gasteiger partial charge in [-0.1, -0.05) is 0 Å². The number of nitrogens with two attached hydrogens (primary N) is 1. The summed E-state index contributed by atoms with van der Waals surface area (Å²) < 4.78 is 39.3. The van der Waals surface area contributed by atoms with E-state index in [0.717, 1.165) is 19.3 Å². The van der Waals surface area contributed by atoms with Crippen LogP contribution in [0.1, 0.15) is 29.6 Å².